The molecule has 2 aliphatic heterocycles. The number of rotatable bonds is 14. The summed E-state index contributed by atoms with van der Waals surface area (Å²) < 4.78 is 10.5. The Labute approximate surface area is 287 Å². The number of amides is 4. The Morgan fingerprint density at radius 2 is 2.00 bits per heavy atom. The Kier molecular flexibility index (Phi) is 11.8. The van der Waals surface area contributed by atoms with Crippen LogP contribution in [-0.2, 0) is 40.1 Å². The lowest BCUT2D eigenvalue weighted by Crippen LogP contribution is -2.74. The Bertz CT molecular complexity index is 1580. The molecule has 2 unspecified atom stereocenters. The highest BCUT2D eigenvalue weighted by molar-refractivity contribution is 8.00. The van der Waals surface area contributed by atoms with Crippen molar-refractivity contribution in [1.29, 1.82) is 0 Å². The number of nitro groups is 1. The molecule has 4 amide bonds. The van der Waals surface area contributed by atoms with Crippen LogP contribution in [0.15, 0.2) is 34.8 Å². The summed E-state index contributed by atoms with van der Waals surface area (Å²) in [6.07, 6.45) is 0.171. The van der Waals surface area contributed by atoms with E-state index in [2.05, 4.69) is 26.1 Å². The molecule has 3 heterocycles. The molecule has 4 rings (SSSR count). The molecule has 0 radical (unpaired) electrons. The highest BCUT2D eigenvalue weighted by Crippen LogP contribution is 2.41. The van der Waals surface area contributed by atoms with E-state index in [1.807, 2.05) is 0 Å². The molecule has 48 heavy (non-hydrogen) atoms. The fourth-order valence-corrected chi connectivity index (χ4v) is 6.73. The number of carbonyl (C=O) groups excluding carboxylic acids is 5. The van der Waals surface area contributed by atoms with Gasteiger partial charge in [-0.3, -0.25) is 29.3 Å². The van der Waals surface area contributed by atoms with Crippen molar-refractivity contribution in [3.05, 3.63) is 51.0 Å². The third-order valence-electron chi connectivity index (χ3n) is 6.60. The van der Waals surface area contributed by atoms with Gasteiger partial charge in [-0.25, -0.2) is 9.78 Å². The third kappa shape index (κ3) is 9.32. The Hall–Kier alpha value is -4.49. The zero-order valence-electron chi connectivity index (χ0n) is 25.9. The molecule has 17 nitrogen and oxygen atoms in total. The number of benzene rings is 1. The number of nitro benzene ring substituents is 1. The maximum absolute atomic E-state index is 13.4. The van der Waals surface area contributed by atoms with E-state index in [1.54, 1.807) is 20.8 Å². The number of hydrogen-bond donors (Lipinski definition) is 3. The van der Waals surface area contributed by atoms with E-state index in [0.717, 1.165) is 11.3 Å². The number of anilines is 1. The first-order chi connectivity index (χ1) is 22.7. The fourth-order valence-electron chi connectivity index (χ4n) is 4.32. The second-order valence-electron chi connectivity index (χ2n) is 11.4. The summed E-state index contributed by atoms with van der Waals surface area (Å²) in [7, 11) is 0. The van der Waals surface area contributed by atoms with Gasteiger partial charge in [0.2, 0.25) is 12.3 Å². The Morgan fingerprint density at radius 1 is 1.27 bits per heavy atom. The minimum Gasteiger partial charge on any atom is -0.459 e. The summed E-state index contributed by atoms with van der Waals surface area (Å²) in [5.74, 6) is -1.94. The van der Waals surface area contributed by atoms with Crippen molar-refractivity contribution in [2.24, 2.45) is 5.16 Å². The number of fused-ring (bicyclic) bond motifs is 1. The number of aromatic nitrogens is 1. The summed E-state index contributed by atoms with van der Waals surface area (Å²) in [5, 5.41) is 23.5. The number of non-ortho nitro benzene ring substituents is 1. The summed E-state index contributed by atoms with van der Waals surface area (Å²) in [6, 6.07) is 4.54. The first-order valence-electron chi connectivity index (χ1n) is 14.4. The second-order valence-corrected chi connectivity index (χ2v) is 14.1. The number of hydrogen-bond acceptors (Lipinski definition) is 14. The second kappa shape index (κ2) is 15.6. The molecule has 0 aliphatic carbocycles. The Balaban J connectivity index is 1.32. The average molecular weight is 726 g/mol. The van der Waals surface area contributed by atoms with Gasteiger partial charge in [0, 0.05) is 36.2 Å². The highest BCUT2D eigenvalue weighted by Gasteiger charge is 2.57. The molecule has 3 N–H and O–H groups in total. The van der Waals surface area contributed by atoms with Crippen LogP contribution in [0.25, 0.3) is 0 Å². The number of oxime groups is 1. The molecule has 0 saturated carbocycles. The Morgan fingerprint density at radius 3 is 2.67 bits per heavy atom. The minimum atomic E-state index is -1.55. The lowest BCUT2D eigenvalue weighted by molar-refractivity contribution is -0.384. The van der Waals surface area contributed by atoms with Crippen LogP contribution in [0, 0.1) is 10.1 Å². The number of thiazole rings is 1. The zero-order chi connectivity index (χ0) is 35.1. The maximum Gasteiger partial charge on any atom is 0.407 e. The predicted molar refractivity (Wildman–Crippen MR) is 175 cm³/mol. The van der Waals surface area contributed by atoms with Gasteiger partial charge in [0.05, 0.1) is 11.5 Å². The van der Waals surface area contributed by atoms with Crippen molar-refractivity contribution < 1.29 is 43.2 Å². The number of nitrogens with one attached hydrogen (secondary N) is 3. The van der Waals surface area contributed by atoms with Gasteiger partial charge in [0.15, 0.2) is 15.7 Å². The standard InChI is InChI=1S/C28H32ClN7O10S2/c1-27(2,3)46-26(41)30-9-4-10-45-34-19(18-12-47-25(32-18)31-15-37)21(38)33-20-22(39)35-13-28(29,14-48-23(20)35)24(40)44-11-16-5-7-17(8-6-16)36(42)43/h5-8,12,15,20,23H,4,9-11,13-14H2,1-3H3,(H,30,41)(H,33,38)(H,31,32,37)/t20?,23-,28?/m1/s1. The van der Waals surface area contributed by atoms with E-state index in [9.17, 15) is 34.1 Å². The van der Waals surface area contributed by atoms with Crippen LogP contribution >= 0.6 is 34.7 Å². The number of β-lactam (4-membered cyclic amide) rings is 1. The molecule has 2 aliphatic rings. The van der Waals surface area contributed by atoms with Crippen LogP contribution in [0.3, 0.4) is 0 Å². The topological polar surface area (TPSA) is 221 Å². The molecule has 258 valence electrons. The maximum atomic E-state index is 13.4. The molecule has 3 atom stereocenters. The van der Waals surface area contributed by atoms with Crippen molar-refractivity contribution in [2.45, 2.75) is 55.7 Å². The quantitative estimate of drug-likeness (QED) is 0.0374. The smallest absolute Gasteiger partial charge is 0.407 e. The van der Waals surface area contributed by atoms with Gasteiger partial charge in [0.1, 0.15) is 35.9 Å². The average Bonchev–Trinajstić information content (AvgIpc) is 3.49. The first kappa shape index (κ1) is 36.3. The lowest BCUT2D eigenvalue weighted by atomic mass is 10.0. The number of ether oxygens (including phenoxy) is 2. The number of esters is 1. The third-order valence-corrected chi connectivity index (χ3v) is 9.46. The van der Waals surface area contributed by atoms with Gasteiger partial charge in [-0.05, 0) is 38.5 Å². The van der Waals surface area contributed by atoms with Gasteiger partial charge in [-0.2, -0.15) is 0 Å². The summed E-state index contributed by atoms with van der Waals surface area (Å²) in [6.45, 7) is 5.12. The number of nitrogens with zero attached hydrogens (tertiary/aromatic N) is 4. The van der Waals surface area contributed by atoms with Gasteiger partial charge in [-0.1, -0.05) is 5.16 Å². The van der Waals surface area contributed by atoms with Crippen LogP contribution in [0.5, 0.6) is 0 Å². The molecule has 0 spiro atoms. The molecule has 2 aromatic rings. The SMILES string of the molecule is CC(C)(C)OC(=O)NCCCON=C(C(=O)NC1C(=O)N2CC(Cl)(C(=O)OCc3ccc([N+](=O)[O-])cc3)CS[C@H]12)c1csc(NC=O)n1. The van der Waals surface area contributed by atoms with Crippen LogP contribution in [0.2, 0.25) is 0 Å². The van der Waals surface area contributed by atoms with Crippen molar-refractivity contribution in [2.75, 3.05) is 30.8 Å². The largest absolute Gasteiger partial charge is 0.459 e. The molecule has 0 bridgehead atoms. The highest BCUT2D eigenvalue weighted by atomic mass is 35.5. The first-order valence-corrected chi connectivity index (χ1v) is 16.7. The molecule has 2 fully saturated rings. The van der Waals surface area contributed by atoms with E-state index >= 15 is 0 Å². The van der Waals surface area contributed by atoms with Crippen LogP contribution < -0.4 is 16.0 Å². The van der Waals surface area contributed by atoms with Crippen molar-refractivity contribution in [3.8, 4) is 0 Å². The monoisotopic (exact) mass is 725 g/mol. The molecular weight excluding hydrogens is 694 g/mol. The molecule has 20 heteroatoms. The zero-order valence-corrected chi connectivity index (χ0v) is 28.3. The molecule has 2 saturated heterocycles. The summed E-state index contributed by atoms with van der Waals surface area (Å²) in [4.78, 5) is 81.6. The van der Waals surface area contributed by atoms with E-state index in [1.165, 1.54) is 46.3 Å². The number of alkyl carbamates (subject to hydrolysis) is 1. The molecule has 1 aromatic carbocycles. The molecule has 1 aromatic heterocycles. The predicted octanol–water partition coefficient (Wildman–Crippen LogP) is 2.38. The van der Waals surface area contributed by atoms with Crippen LogP contribution in [-0.4, -0.2) is 98.1 Å². The van der Waals surface area contributed by atoms with Crippen molar-refractivity contribution in [1.82, 2.24) is 20.5 Å². The number of alkyl halides is 1. The molecular formula is C28H32ClN7O10S2. The van der Waals surface area contributed by atoms with E-state index < -0.39 is 50.7 Å². The van der Waals surface area contributed by atoms with E-state index in [4.69, 9.17) is 25.9 Å². The van der Waals surface area contributed by atoms with E-state index in [-0.39, 0.29) is 54.3 Å². The summed E-state index contributed by atoms with van der Waals surface area (Å²) >= 11 is 8.83. The van der Waals surface area contributed by atoms with Gasteiger partial charge in [-0.15, -0.1) is 34.7 Å². The van der Waals surface area contributed by atoms with E-state index in [0.29, 0.717) is 18.4 Å². The number of carbonyl (C=O) groups is 5. The fraction of sp³-hybridized carbons (Fsp3) is 0.464. The van der Waals surface area contributed by atoms with Crippen LogP contribution in [0.4, 0.5) is 15.6 Å². The van der Waals surface area contributed by atoms with Gasteiger partial charge in [0.25, 0.3) is 11.6 Å². The van der Waals surface area contributed by atoms with Crippen molar-refractivity contribution in [3.63, 3.8) is 0 Å². The lowest BCUT2D eigenvalue weighted by Gasteiger charge is -2.52. The summed E-state index contributed by atoms with van der Waals surface area (Å²) in [5.41, 5.74) is -0.395. The minimum absolute atomic E-state index is 0.0167. The van der Waals surface area contributed by atoms with Gasteiger partial charge < -0.3 is 35.2 Å². The number of halogens is 1. The van der Waals surface area contributed by atoms with Crippen molar-refractivity contribution >= 4 is 81.5 Å². The normalized spacial score (nSPS) is 20.5. The van der Waals surface area contributed by atoms with Gasteiger partial charge >= 0.3 is 12.1 Å². The van der Waals surface area contributed by atoms with Crippen LogP contribution in [0.1, 0.15) is 38.4 Å². The number of thioether (sulfide) groups is 1.